The fourth-order valence-electron chi connectivity index (χ4n) is 0.504. The van der Waals surface area contributed by atoms with Crippen molar-refractivity contribution in [3.05, 3.63) is 0 Å². The molecule has 0 aromatic carbocycles. The van der Waals surface area contributed by atoms with E-state index in [0.717, 1.165) is 13.0 Å². The van der Waals surface area contributed by atoms with Gasteiger partial charge in [-0.2, -0.15) is 5.32 Å². The van der Waals surface area contributed by atoms with E-state index < -0.39 is 0 Å². The molecule has 0 aromatic heterocycles. The number of rotatable bonds is 7. The Hall–Kier alpha value is -0.120. The molecular formula is C7H16NO2. The van der Waals surface area contributed by atoms with Gasteiger partial charge in [-0.1, -0.05) is 13.3 Å². The Kier molecular flexibility index (Phi) is 8.77. The fourth-order valence-corrected chi connectivity index (χ4v) is 0.504. The summed E-state index contributed by atoms with van der Waals surface area (Å²) >= 11 is 0. The third kappa shape index (κ3) is 7.88. The lowest BCUT2D eigenvalue weighted by Crippen LogP contribution is -2.13. The van der Waals surface area contributed by atoms with Gasteiger partial charge in [-0.25, -0.2) is 0 Å². The zero-order valence-electron chi connectivity index (χ0n) is 6.80. The molecule has 0 fully saturated rings. The lowest BCUT2D eigenvalue weighted by Gasteiger charge is -2.01. The topological polar surface area (TPSA) is 32.6 Å². The second-order valence-electron chi connectivity index (χ2n) is 2.03. The summed E-state index contributed by atoms with van der Waals surface area (Å²) in [5.41, 5.74) is 0. The molecule has 0 heterocycles. The average Bonchev–Trinajstić information content (AvgIpc) is 1.97. The molecule has 0 aromatic rings. The first kappa shape index (κ1) is 9.88. The van der Waals surface area contributed by atoms with E-state index in [-0.39, 0.29) is 0 Å². The third-order valence-electron chi connectivity index (χ3n) is 1.05. The number of ether oxygens (including phenoxy) is 2. The average molecular weight is 146 g/mol. The standard InChI is InChI=1S/C7H16NO2/c1-3-4-5-10-7-8-6-9-2/h3-7H2,1-2H3. The highest BCUT2D eigenvalue weighted by molar-refractivity contribution is 4.30. The molecule has 61 valence electrons. The largest absolute Gasteiger partial charge is 0.368 e. The molecule has 0 aliphatic rings. The first-order valence-electron chi connectivity index (χ1n) is 3.61. The van der Waals surface area contributed by atoms with Crippen LogP contribution in [0.5, 0.6) is 0 Å². The number of nitrogens with zero attached hydrogens (tertiary/aromatic N) is 1. The molecular weight excluding hydrogens is 130 g/mol. The molecule has 0 rings (SSSR count). The van der Waals surface area contributed by atoms with Crippen LogP contribution in [0.4, 0.5) is 0 Å². The summed E-state index contributed by atoms with van der Waals surface area (Å²) in [7, 11) is 1.62. The van der Waals surface area contributed by atoms with Gasteiger partial charge in [-0.15, -0.1) is 0 Å². The summed E-state index contributed by atoms with van der Waals surface area (Å²) < 4.78 is 9.83. The highest BCUT2D eigenvalue weighted by atomic mass is 16.5. The molecule has 1 radical (unpaired) electrons. The van der Waals surface area contributed by atoms with E-state index in [1.807, 2.05) is 0 Å². The maximum absolute atomic E-state index is 5.13. The molecule has 0 bridgehead atoms. The zero-order chi connectivity index (χ0) is 7.66. The van der Waals surface area contributed by atoms with Crippen LogP contribution in [0.15, 0.2) is 0 Å². The highest BCUT2D eigenvalue weighted by Gasteiger charge is 1.86. The van der Waals surface area contributed by atoms with Crippen molar-refractivity contribution < 1.29 is 9.47 Å². The van der Waals surface area contributed by atoms with E-state index in [4.69, 9.17) is 9.47 Å². The van der Waals surface area contributed by atoms with Gasteiger partial charge in [-0.05, 0) is 6.42 Å². The Bertz CT molecular complexity index is 51.6. The first-order valence-corrected chi connectivity index (χ1v) is 3.61. The monoisotopic (exact) mass is 146 g/mol. The van der Waals surface area contributed by atoms with Crippen LogP contribution in [0.1, 0.15) is 19.8 Å². The lowest BCUT2D eigenvalue weighted by atomic mass is 10.4. The SMILES string of the molecule is CCCCOC[N]COC. The summed E-state index contributed by atoms with van der Waals surface area (Å²) in [5.74, 6) is 0. The zero-order valence-corrected chi connectivity index (χ0v) is 6.80. The Morgan fingerprint density at radius 2 is 2.10 bits per heavy atom. The maximum atomic E-state index is 5.13. The van der Waals surface area contributed by atoms with Crippen molar-refractivity contribution in [2.24, 2.45) is 0 Å². The van der Waals surface area contributed by atoms with Gasteiger partial charge in [0.2, 0.25) is 0 Å². The van der Waals surface area contributed by atoms with E-state index in [1.54, 1.807) is 7.11 Å². The molecule has 3 nitrogen and oxygen atoms in total. The van der Waals surface area contributed by atoms with Crippen LogP contribution in [0, 0.1) is 0 Å². The van der Waals surface area contributed by atoms with Crippen molar-refractivity contribution in [1.82, 2.24) is 5.32 Å². The minimum atomic E-state index is 0.437. The number of hydrogen-bond acceptors (Lipinski definition) is 2. The van der Waals surface area contributed by atoms with Gasteiger partial charge in [0.15, 0.2) is 0 Å². The summed E-state index contributed by atoms with van der Waals surface area (Å²) in [6.07, 6.45) is 2.28. The maximum Gasteiger partial charge on any atom is 0.115 e. The predicted octanol–water partition coefficient (Wildman–Crippen LogP) is 0.969. The fraction of sp³-hybridized carbons (Fsp3) is 1.00. The van der Waals surface area contributed by atoms with Crippen LogP contribution in [0.3, 0.4) is 0 Å². The number of methoxy groups -OCH3 is 1. The van der Waals surface area contributed by atoms with E-state index >= 15 is 0 Å². The molecule has 3 heteroatoms. The van der Waals surface area contributed by atoms with Crippen molar-refractivity contribution in [3.63, 3.8) is 0 Å². The summed E-state index contributed by atoms with van der Waals surface area (Å²) in [4.78, 5) is 0. The summed E-state index contributed by atoms with van der Waals surface area (Å²) in [5, 5.41) is 3.92. The Balaban J connectivity index is 2.65. The van der Waals surface area contributed by atoms with Crippen LogP contribution in [0.25, 0.3) is 0 Å². The molecule has 0 saturated carbocycles. The van der Waals surface area contributed by atoms with Gasteiger partial charge in [0.1, 0.15) is 13.5 Å². The minimum Gasteiger partial charge on any atom is -0.368 e. The summed E-state index contributed by atoms with van der Waals surface area (Å²) in [6.45, 7) is 3.85. The molecule has 0 atom stereocenters. The Morgan fingerprint density at radius 3 is 2.70 bits per heavy atom. The predicted molar refractivity (Wildman–Crippen MR) is 39.7 cm³/mol. The van der Waals surface area contributed by atoms with Crippen LogP contribution >= 0.6 is 0 Å². The van der Waals surface area contributed by atoms with Crippen LogP contribution in [-0.2, 0) is 9.47 Å². The molecule has 0 N–H and O–H groups in total. The van der Waals surface area contributed by atoms with Gasteiger partial charge < -0.3 is 9.47 Å². The van der Waals surface area contributed by atoms with Gasteiger partial charge in [0.25, 0.3) is 0 Å². The highest BCUT2D eigenvalue weighted by Crippen LogP contribution is 1.85. The summed E-state index contributed by atoms with van der Waals surface area (Å²) in [6, 6.07) is 0. The van der Waals surface area contributed by atoms with Crippen LogP contribution < -0.4 is 5.32 Å². The molecule has 0 spiro atoms. The molecule has 0 unspecified atom stereocenters. The van der Waals surface area contributed by atoms with Gasteiger partial charge in [0, 0.05) is 13.7 Å². The Labute approximate surface area is 62.7 Å². The normalized spacial score (nSPS) is 10.2. The molecule has 0 saturated heterocycles. The number of hydrogen-bond donors (Lipinski definition) is 0. The van der Waals surface area contributed by atoms with E-state index in [1.165, 1.54) is 6.42 Å². The van der Waals surface area contributed by atoms with E-state index in [0.29, 0.717) is 13.5 Å². The smallest absolute Gasteiger partial charge is 0.115 e. The third-order valence-corrected chi connectivity index (χ3v) is 1.05. The second kappa shape index (κ2) is 8.88. The molecule has 10 heavy (non-hydrogen) atoms. The van der Waals surface area contributed by atoms with Crippen LogP contribution in [-0.4, -0.2) is 27.2 Å². The lowest BCUT2D eigenvalue weighted by molar-refractivity contribution is 0.0740. The molecule has 0 aliphatic carbocycles. The Morgan fingerprint density at radius 1 is 1.30 bits per heavy atom. The van der Waals surface area contributed by atoms with E-state index in [9.17, 15) is 0 Å². The van der Waals surface area contributed by atoms with Gasteiger partial charge in [-0.3, -0.25) is 0 Å². The van der Waals surface area contributed by atoms with Gasteiger partial charge in [0.05, 0.1) is 0 Å². The van der Waals surface area contributed by atoms with Crippen molar-refractivity contribution in [3.8, 4) is 0 Å². The number of unbranched alkanes of at least 4 members (excludes halogenated alkanes) is 1. The first-order chi connectivity index (χ1) is 4.91. The molecule has 0 aliphatic heterocycles. The van der Waals surface area contributed by atoms with Crippen molar-refractivity contribution in [1.29, 1.82) is 0 Å². The van der Waals surface area contributed by atoms with Crippen molar-refractivity contribution >= 4 is 0 Å². The van der Waals surface area contributed by atoms with E-state index in [2.05, 4.69) is 12.2 Å². The van der Waals surface area contributed by atoms with Crippen LogP contribution in [0.2, 0.25) is 0 Å². The quantitative estimate of drug-likeness (QED) is 0.501. The van der Waals surface area contributed by atoms with Crippen molar-refractivity contribution in [2.75, 3.05) is 27.2 Å². The molecule has 0 amide bonds. The van der Waals surface area contributed by atoms with Gasteiger partial charge >= 0.3 is 0 Å². The van der Waals surface area contributed by atoms with Crippen molar-refractivity contribution in [2.45, 2.75) is 19.8 Å². The minimum absolute atomic E-state index is 0.437. The second-order valence-corrected chi connectivity index (χ2v) is 2.03.